The first kappa shape index (κ1) is 30.2. The molecular weight excluding hydrogens is 448 g/mol. The van der Waals surface area contributed by atoms with E-state index in [-0.39, 0.29) is 0 Å². The molecule has 1 heteroatoms. The van der Waals surface area contributed by atoms with Gasteiger partial charge in [0.05, 0.1) is 5.41 Å². The molecule has 6 rings (SSSR count). The summed E-state index contributed by atoms with van der Waals surface area (Å²) >= 11 is 0. The first-order valence-corrected chi connectivity index (χ1v) is 14.6. The monoisotopic (exact) mass is 496 g/mol. The largest absolute Gasteiger partial charge is 0.508 e. The minimum atomic E-state index is -0.476. The van der Waals surface area contributed by atoms with Crippen LogP contribution < -0.4 is 0 Å². The molecule has 1 N–H and O–H groups in total. The fourth-order valence-corrected chi connectivity index (χ4v) is 5.81. The van der Waals surface area contributed by atoms with Gasteiger partial charge in [-0.2, -0.15) is 0 Å². The van der Waals surface area contributed by atoms with Crippen LogP contribution in [-0.4, -0.2) is 5.11 Å². The molecule has 0 bridgehead atoms. The van der Waals surface area contributed by atoms with Crippen molar-refractivity contribution in [3.05, 3.63) is 124 Å². The van der Waals surface area contributed by atoms with Crippen molar-refractivity contribution in [2.45, 2.75) is 80.6 Å². The third kappa shape index (κ3) is 5.19. The maximum Gasteiger partial charge on any atom is 0.120 e. The van der Waals surface area contributed by atoms with E-state index in [4.69, 9.17) is 0 Å². The molecule has 2 aromatic carbocycles. The molecule has 0 amide bonds. The van der Waals surface area contributed by atoms with E-state index in [9.17, 15) is 5.11 Å². The van der Waals surface area contributed by atoms with Crippen LogP contribution >= 0.6 is 0 Å². The number of phenols is 1. The summed E-state index contributed by atoms with van der Waals surface area (Å²) < 4.78 is 0. The number of phenolic OH excluding ortho intramolecular Hbond substituents is 1. The van der Waals surface area contributed by atoms with Crippen molar-refractivity contribution < 1.29 is 5.11 Å². The molecule has 1 saturated carbocycles. The van der Waals surface area contributed by atoms with Crippen molar-refractivity contribution in [3.63, 3.8) is 0 Å². The van der Waals surface area contributed by atoms with Gasteiger partial charge < -0.3 is 5.11 Å². The van der Waals surface area contributed by atoms with Gasteiger partial charge in [0.1, 0.15) is 5.75 Å². The summed E-state index contributed by atoms with van der Waals surface area (Å²) in [4.78, 5) is 0. The normalized spacial score (nSPS) is 23.3. The summed E-state index contributed by atoms with van der Waals surface area (Å²) in [5.74, 6) is 1.67. The highest BCUT2D eigenvalue weighted by molar-refractivity contribution is 5.80. The van der Waals surface area contributed by atoms with Crippen LogP contribution in [0.5, 0.6) is 5.75 Å². The van der Waals surface area contributed by atoms with Crippen molar-refractivity contribution in [2.75, 3.05) is 0 Å². The molecule has 0 saturated heterocycles. The van der Waals surface area contributed by atoms with Crippen LogP contribution in [0.4, 0.5) is 0 Å². The van der Waals surface area contributed by atoms with E-state index in [1.165, 1.54) is 39.8 Å². The average Bonchev–Trinajstić information content (AvgIpc) is 3.76. The van der Waals surface area contributed by atoms with Crippen LogP contribution in [0, 0.1) is 18.8 Å². The standard InChI is InChI=1S/C28H24O.4C2H6/c1-18-9-5-6-11-22(18)28(24-13-7-8-14-26(24)29)23-12-4-2-3-10-20(23)27-21-17-19(21)15-16-25(27)28;4*1-2/h2,4-16,19,21,29H,3,17H2,1H3;4*1-2H3. The number of rotatable bonds is 2. The van der Waals surface area contributed by atoms with Crippen LogP contribution in [0.15, 0.2) is 107 Å². The maximum atomic E-state index is 11.1. The number of hydrogen-bond donors (Lipinski definition) is 1. The molecule has 0 heterocycles. The lowest BCUT2D eigenvalue weighted by Gasteiger charge is -2.37. The lowest BCUT2D eigenvalue weighted by Crippen LogP contribution is -2.31. The average molecular weight is 497 g/mol. The van der Waals surface area contributed by atoms with Crippen molar-refractivity contribution in [1.82, 2.24) is 0 Å². The third-order valence-corrected chi connectivity index (χ3v) is 7.11. The Morgan fingerprint density at radius 2 is 1.43 bits per heavy atom. The van der Waals surface area contributed by atoms with Crippen LogP contribution in [-0.2, 0) is 5.41 Å². The first-order chi connectivity index (χ1) is 18.2. The Balaban J connectivity index is 0.000000553. The summed E-state index contributed by atoms with van der Waals surface area (Å²) in [7, 11) is 0. The van der Waals surface area contributed by atoms with E-state index in [0.717, 1.165) is 12.0 Å². The number of benzene rings is 2. The van der Waals surface area contributed by atoms with Gasteiger partial charge in [-0.15, -0.1) is 0 Å². The minimum Gasteiger partial charge on any atom is -0.508 e. The van der Waals surface area contributed by atoms with Crippen molar-refractivity contribution in [2.24, 2.45) is 11.8 Å². The molecule has 0 radical (unpaired) electrons. The molecule has 198 valence electrons. The molecular formula is C36H48O. The summed E-state index contributed by atoms with van der Waals surface area (Å²) in [5, 5.41) is 11.1. The smallest absolute Gasteiger partial charge is 0.120 e. The maximum absolute atomic E-state index is 11.1. The molecule has 0 aromatic heterocycles. The van der Waals surface area contributed by atoms with E-state index in [0.29, 0.717) is 17.6 Å². The fraction of sp³-hybridized carbons (Fsp3) is 0.389. The van der Waals surface area contributed by atoms with Gasteiger partial charge in [-0.3, -0.25) is 0 Å². The van der Waals surface area contributed by atoms with Crippen LogP contribution in [0.2, 0.25) is 0 Å². The summed E-state index contributed by atoms with van der Waals surface area (Å²) in [6, 6.07) is 16.6. The Morgan fingerprint density at radius 1 is 0.811 bits per heavy atom. The van der Waals surface area contributed by atoms with Gasteiger partial charge in [0, 0.05) is 5.56 Å². The number of hydrogen-bond acceptors (Lipinski definition) is 1. The van der Waals surface area contributed by atoms with E-state index >= 15 is 0 Å². The number of para-hydroxylation sites is 1. The third-order valence-electron chi connectivity index (χ3n) is 7.11. The van der Waals surface area contributed by atoms with Crippen LogP contribution in [0.3, 0.4) is 0 Å². The van der Waals surface area contributed by atoms with Gasteiger partial charge >= 0.3 is 0 Å². The molecule has 3 unspecified atom stereocenters. The highest BCUT2D eigenvalue weighted by Crippen LogP contribution is 2.66. The predicted octanol–water partition coefficient (Wildman–Crippen LogP) is 10.4. The number of aromatic hydroxyl groups is 1. The van der Waals surface area contributed by atoms with Crippen molar-refractivity contribution in [1.29, 1.82) is 0 Å². The van der Waals surface area contributed by atoms with Gasteiger partial charge in [-0.1, -0.05) is 134 Å². The Kier molecular flexibility index (Phi) is 11.4. The van der Waals surface area contributed by atoms with Gasteiger partial charge in [0.2, 0.25) is 0 Å². The summed E-state index contributed by atoms with van der Waals surface area (Å²) in [5.41, 5.74) is 8.61. The first-order valence-electron chi connectivity index (χ1n) is 14.6. The zero-order valence-corrected chi connectivity index (χ0v) is 24.6. The molecule has 2 aromatic rings. The second kappa shape index (κ2) is 14.0. The SMILES string of the molecule is CC.CC.CC.CC.Cc1ccccc1C1(c2ccccc2O)C2=CC=CCC=C2C2=C1C=CC1CC21. The van der Waals surface area contributed by atoms with Crippen LogP contribution in [0.25, 0.3) is 0 Å². The van der Waals surface area contributed by atoms with E-state index in [2.05, 4.69) is 79.8 Å². The van der Waals surface area contributed by atoms with E-state index in [1.54, 1.807) is 0 Å². The minimum absolute atomic E-state index is 0.365. The zero-order valence-electron chi connectivity index (χ0n) is 24.6. The molecule has 1 nitrogen and oxygen atoms in total. The molecule has 3 atom stereocenters. The van der Waals surface area contributed by atoms with Gasteiger partial charge in [0.15, 0.2) is 0 Å². The topological polar surface area (TPSA) is 20.2 Å². The Labute approximate surface area is 227 Å². The quantitative estimate of drug-likeness (QED) is 0.438. The van der Waals surface area contributed by atoms with Crippen molar-refractivity contribution in [3.8, 4) is 5.75 Å². The van der Waals surface area contributed by atoms with Gasteiger partial charge in [-0.05, 0) is 71.1 Å². The van der Waals surface area contributed by atoms with Crippen molar-refractivity contribution >= 4 is 0 Å². The second-order valence-electron chi connectivity index (χ2n) is 8.64. The number of fused-ring (bicyclic) bond motifs is 4. The van der Waals surface area contributed by atoms with E-state index < -0.39 is 5.41 Å². The number of aryl methyl sites for hydroxylation is 1. The molecule has 1 fully saturated rings. The molecule has 37 heavy (non-hydrogen) atoms. The highest BCUT2D eigenvalue weighted by Gasteiger charge is 2.56. The Morgan fingerprint density at radius 3 is 2.08 bits per heavy atom. The Hall–Kier alpha value is -3.06. The lowest BCUT2D eigenvalue weighted by molar-refractivity contribution is 0.460. The summed E-state index contributed by atoms with van der Waals surface area (Å²) in [6.45, 7) is 18.2. The number of allylic oxidation sites excluding steroid dienone is 10. The van der Waals surface area contributed by atoms with Gasteiger partial charge in [-0.25, -0.2) is 0 Å². The second-order valence-corrected chi connectivity index (χ2v) is 8.64. The molecule has 0 spiro atoms. The fourth-order valence-electron chi connectivity index (χ4n) is 5.81. The summed E-state index contributed by atoms with van der Waals surface area (Å²) in [6.07, 6.45) is 16.1. The molecule has 4 aliphatic rings. The molecule has 0 aliphatic heterocycles. The van der Waals surface area contributed by atoms with Crippen LogP contribution in [0.1, 0.15) is 84.9 Å². The highest BCUT2D eigenvalue weighted by atomic mass is 16.3. The predicted molar refractivity (Wildman–Crippen MR) is 163 cm³/mol. The zero-order chi connectivity index (χ0) is 27.6. The lowest BCUT2D eigenvalue weighted by atomic mass is 9.64. The Bertz CT molecular complexity index is 1140. The van der Waals surface area contributed by atoms with E-state index in [1.807, 2.05) is 67.5 Å². The molecule has 4 aliphatic carbocycles. The van der Waals surface area contributed by atoms with Gasteiger partial charge in [0.25, 0.3) is 0 Å².